The third-order valence-electron chi connectivity index (χ3n) is 2.95. The van der Waals surface area contributed by atoms with E-state index in [1.807, 2.05) is 7.05 Å². The molecule has 2 rings (SSSR count). The summed E-state index contributed by atoms with van der Waals surface area (Å²) >= 11 is 0. The third kappa shape index (κ3) is 2.52. The Morgan fingerprint density at radius 3 is 2.59 bits per heavy atom. The lowest BCUT2D eigenvalue weighted by molar-refractivity contribution is 0.0662. The molecule has 6 heteroatoms. The highest BCUT2D eigenvalue weighted by Gasteiger charge is 2.22. The van der Waals surface area contributed by atoms with Gasteiger partial charge in [0, 0.05) is 32.4 Å². The maximum atomic E-state index is 12.1. The standard InChI is InChI=1S/C11H16N4O2/c1-8-12-7-9(10(16)13-8)11(17)15-5-3-14(2)4-6-15/h7H,3-6H2,1-2H3,(H,12,13,16). The zero-order valence-corrected chi connectivity index (χ0v) is 10.1. The van der Waals surface area contributed by atoms with Crippen LogP contribution in [-0.2, 0) is 0 Å². The van der Waals surface area contributed by atoms with E-state index in [1.165, 1.54) is 6.20 Å². The van der Waals surface area contributed by atoms with Gasteiger partial charge in [0.15, 0.2) is 0 Å². The minimum absolute atomic E-state index is 0.125. The van der Waals surface area contributed by atoms with Crippen LogP contribution in [-0.4, -0.2) is 58.9 Å². The van der Waals surface area contributed by atoms with Crippen LogP contribution >= 0.6 is 0 Å². The van der Waals surface area contributed by atoms with Crippen molar-refractivity contribution in [3.63, 3.8) is 0 Å². The largest absolute Gasteiger partial charge is 0.336 e. The first-order chi connectivity index (χ1) is 8.08. The Labute approximate surface area is 99.3 Å². The molecule has 1 amide bonds. The zero-order valence-electron chi connectivity index (χ0n) is 10.1. The molecule has 1 saturated heterocycles. The minimum Gasteiger partial charge on any atom is -0.336 e. The molecule has 0 spiro atoms. The van der Waals surface area contributed by atoms with Crippen molar-refractivity contribution in [2.24, 2.45) is 0 Å². The number of aromatic nitrogens is 2. The third-order valence-corrected chi connectivity index (χ3v) is 2.95. The van der Waals surface area contributed by atoms with Gasteiger partial charge in [-0.2, -0.15) is 0 Å². The van der Waals surface area contributed by atoms with Crippen molar-refractivity contribution in [1.82, 2.24) is 19.8 Å². The number of rotatable bonds is 1. The Balaban J connectivity index is 2.17. The molecule has 2 heterocycles. The Morgan fingerprint density at radius 2 is 2.00 bits per heavy atom. The normalized spacial score (nSPS) is 17.2. The van der Waals surface area contributed by atoms with Gasteiger partial charge < -0.3 is 14.8 Å². The van der Waals surface area contributed by atoms with Gasteiger partial charge in [0.05, 0.1) is 0 Å². The second-order valence-electron chi connectivity index (χ2n) is 4.31. The number of likely N-dealkylation sites (N-methyl/N-ethyl adjacent to an activating group) is 1. The quantitative estimate of drug-likeness (QED) is 0.711. The van der Waals surface area contributed by atoms with Crippen molar-refractivity contribution in [2.75, 3.05) is 33.2 Å². The summed E-state index contributed by atoms with van der Waals surface area (Å²) in [5, 5.41) is 0. The van der Waals surface area contributed by atoms with Gasteiger partial charge in [-0.1, -0.05) is 0 Å². The number of amides is 1. The minimum atomic E-state index is -0.360. The van der Waals surface area contributed by atoms with E-state index >= 15 is 0 Å². The van der Waals surface area contributed by atoms with E-state index < -0.39 is 0 Å². The first-order valence-electron chi connectivity index (χ1n) is 5.61. The number of aromatic amines is 1. The fourth-order valence-electron chi connectivity index (χ4n) is 1.82. The second kappa shape index (κ2) is 4.67. The van der Waals surface area contributed by atoms with E-state index in [2.05, 4.69) is 14.9 Å². The smallest absolute Gasteiger partial charge is 0.263 e. The highest BCUT2D eigenvalue weighted by atomic mass is 16.2. The molecule has 0 bridgehead atoms. The number of piperazine rings is 1. The highest BCUT2D eigenvalue weighted by molar-refractivity contribution is 5.93. The summed E-state index contributed by atoms with van der Waals surface area (Å²) in [6, 6.07) is 0. The molecule has 1 aromatic heterocycles. The second-order valence-corrected chi connectivity index (χ2v) is 4.31. The lowest BCUT2D eigenvalue weighted by Crippen LogP contribution is -2.48. The molecule has 0 atom stereocenters. The first kappa shape index (κ1) is 11.8. The number of carbonyl (C=O) groups excluding carboxylic acids is 1. The first-order valence-corrected chi connectivity index (χ1v) is 5.61. The monoisotopic (exact) mass is 236 g/mol. The summed E-state index contributed by atoms with van der Waals surface area (Å²) in [5.74, 6) is 0.289. The van der Waals surface area contributed by atoms with Gasteiger partial charge in [0.1, 0.15) is 11.4 Å². The number of hydrogen-bond acceptors (Lipinski definition) is 4. The van der Waals surface area contributed by atoms with E-state index in [-0.39, 0.29) is 17.0 Å². The molecule has 0 unspecified atom stereocenters. The molecule has 92 valence electrons. The average molecular weight is 236 g/mol. The van der Waals surface area contributed by atoms with Gasteiger partial charge >= 0.3 is 0 Å². The molecule has 1 aliphatic heterocycles. The summed E-state index contributed by atoms with van der Waals surface area (Å²) in [6.07, 6.45) is 1.36. The summed E-state index contributed by atoms with van der Waals surface area (Å²) in [7, 11) is 2.02. The summed E-state index contributed by atoms with van der Waals surface area (Å²) < 4.78 is 0. The molecular formula is C11H16N4O2. The number of H-pyrrole nitrogens is 1. The van der Waals surface area contributed by atoms with Crippen LogP contribution in [0.25, 0.3) is 0 Å². The molecule has 17 heavy (non-hydrogen) atoms. The van der Waals surface area contributed by atoms with Crippen LogP contribution in [0.2, 0.25) is 0 Å². The maximum Gasteiger partial charge on any atom is 0.263 e. The van der Waals surface area contributed by atoms with Crippen molar-refractivity contribution < 1.29 is 4.79 Å². The zero-order chi connectivity index (χ0) is 12.4. The summed E-state index contributed by atoms with van der Waals surface area (Å²) in [4.78, 5) is 34.1. The van der Waals surface area contributed by atoms with Crippen LogP contribution in [0.4, 0.5) is 0 Å². The SMILES string of the molecule is Cc1ncc(C(=O)N2CCN(C)CC2)c(=O)[nH]1. The van der Waals surface area contributed by atoms with E-state index in [0.29, 0.717) is 18.9 Å². The molecule has 1 aliphatic rings. The predicted molar refractivity (Wildman–Crippen MR) is 63.0 cm³/mol. The number of nitrogens with one attached hydrogen (secondary N) is 1. The fraction of sp³-hybridized carbons (Fsp3) is 0.545. The van der Waals surface area contributed by atoms with Crippen LogP contribution in [0.5, 0.6) is 0 Å². The maximum absolute atomic E-state index is 12.1. The van der Waals surface area contributed by atoms with E-state index in [0.717, 1.165) is 13.1 Å². The Bertz CT molecular complexity index is 475. The van der Waals surface area contributed by atoms with Crippen LogP contribution < -0.4 is 5.56 Å². The lowest BCUT2D eigenvalue weighted by atomic mass is 10.2. The topological polar surface area (TPSA) is 69.3 Å². The van der Waals surface area contributed by atoms with Crippen LogP contribution in [0, 0.1) is 6.92 Å². The van der Waals surface area contributed by atoms with Crippen molar-refractivity contribution in [1.29, 1.82) is 0 Å². The molecule has 1 N–H and O–H groups in total. The van der Waals surface area contributed by atoms with Crippen molar-refractivity contribution in [3.8, 4) is 0 Å². The van der Waals surface area contributed by atoms with E-state index in [4.69, 9.17) is 0 Å². The van der Waals surface area contributed by atoms with Gasteiger partial charge in [-0.25, -0.2) is 4.98 Å². The van der Waals surface area contributed by atoms with Gasteiger partial charge in [-0.05, 0) is 14.0 Å². The molecular weight excluding hydrogens is 220 g/mol. The van der Waals surface area contributed by atoms with Crippen molar-refractivity contribution in [3.05, 3.63) is 27.9 Å². The predicted octanol–water partition coefficient (Wildman–Crippen LogP) is -0.534. The molecule has 0 aromatic carbocycles. The molecule has 0 aliphatic carbocycles. The van der Waals surface area contributed by atoms with Crippen LogP contribution in [0.15, 0.2) is 11.0 Å². The number of nitrogens with zero attached hydrogens (tertiary/aromatic N) is 3. The van der Waals surface area contributed by atoms with Gasteiger partial charge in [-0.3, -0.25) is 9.59 Å². The molecule has 0 saturated carbocycles. The number of aryl methyl sites for hydroxylation is 1. The van der Waals surface area contributed by atoms with Gasteiger partial charge in [0.2, 0.25) is 0 Å². The Kier molecular flexibility index (Phi) is 3.23. The Morgan fingerprint density at radius 1 is 1.35 bits per heavy atom. The van der Waals surface area contributed by atoms with E-state index in [1.54, 1.807) is 11.8 Å². The van der Waals surface area contributed by atoms with Crippen LogP contribution in [0.3, 0.4) is 0 Å². The number of hydrogen-bond donors (Lipinski definition) is 1. The van der Waals surface area contributed by atoms with Crippen molar-refractivity contribution >= 4 is 5.91 Å². The van der Waals surface area contributed by atoms with Crippen molar-refractivity contribution in [2.45, 2.75) is 6.92 Å². The average Bonchev–Trinajstić information content (AvgIpc) is 2.29. The van der Waals surface area contributed by atoms with Gasteiger partial charge in [-0.15, -0.1) is 0 Å². The number of carbonyl (C=O) groups is 1. The van der Waals surface area contributed by atoms with Crippen LogP contribution in [0.1, 0.15) is 16.2 Å². The molecule has 0 radical (unpaired) electrons. The van der Waals surface area contributed by atoms with Gasteiger partial charge in [0.25, 0.3) is 11.5 Å². The fourth-order valence-corrected chi connectivity index (χ4v) is 1.82. The summed E-state index contributed by atoms with van der Waals surface area (Å²) in [5.41, 5.74) is -0.235. The molecule has 1 aromatic rings. The Hall–Kier alpha value is -1.69. The summed E-state index contributed by atoms with van der Waals surface area (Å²) in [6.45, 7) is 4.67. The highest BCUT2D eigenvalue weighted by Crippen LogP contribution is 2.03. The van der Waals surface area contributed by atoms with E-state index in [9.17, 15) is 9.59 Å². The molecule has 6 nitrogen and oxygen atoms in total. The lowest BCUT2D eigenvalue weighted by Gasteiger charge is -2.32. The molecule has 1 fully saturated rings.